The second kappa shape index (κ2) is 18.5. The standard InChI is InChI=1S/C32H48N6O8/c1-6-11-22(27(40)30(43)34-17-25(39)35-23(28(33)41)16-21-12-8-7-9-13-21)36-29(42)24-14-10-15-38(24)31(44)26(20(4)5)37-32(45)46-18-19(2)3/h7-9,12-13,19-20,22-24,26H,6,10-11,14-18H2,1-5H3,(H2,33,41)(H,34,43)(H,35,39)(H,36,42)(H,37,45)/t22?,23?,24-,26?/m0/s1. The molecule has 46 heavy (non-hydrogen) atoms. The van der Waals surface area contributed by atoms with Crippen molar-refractivity contribution in [2.45, 2.75) is 90.9 Å². The summed E-state index contributed by atoms with van der Waals surface area (Å²) in [7, 11) is 0. The zero-order chi connectivity index (χ0) is 34.4. The predicted molar refractivity (Wildman–Crippen MR) is 169 cm³/mol. The zero-order valence-electron chi connectivity index (χ0n) is 27.3. The van der Waals surface area contributed by atoms with Crippen molar-refractivity contribution in [1.29, 1.82) is 0 Å². The smallest absolute Gasteiger partial charge is 0.407 e. The number of primary amides is 1. The lowest BCUT2D eigenvalue weighted by Gasteiger charge is -2.31. The number of alkyl carbamates (subject to hydrolysis) is 1. The summed E-state index contributed by atoms with van der Waals surface area (Å²) >= 11 is 0. The monoisotopic (exact) mass is 644 g/mol. The van der Waals surface area contributed by atoms with E-state index in [1.165, 1.54) is 4.90 Å². The predicted octanol–water partition coefficient (Wildman–Crippen LogP) is 0.567. The van der Waals surface area contributed by atoms with Gasteiger partial charge in [-0.25, -0.2) is 4.79 Å². The van der Waals surface area contributed by atoms with E-state index in [1.807, 2.05) is 13.8 Å². The Bertz CT molecular complexity index is 1240. The summed E-state index contributed by atoms with van der Waals surface area (Å²) in [6, 6.07) is 4.86. The molecule has 0 aromatic heterocycles. The number of carbonyl (C=O) groups is 7. The molecule has 1 aliphatic heterocycles. The summed E-state index contributed by atoms with van der Waals surface area (Å²) in [6.07, 6.45) is 0.889. The van der Waals surface area contributed by atoms with E-state index in [-0.39, 0.29) is 37.8 Å². The third-order valence-corrected chi connectivity index (χ3v) is 7.40. The van der Waals surface area contributed by atoms with Gasteiger partial charge in [0.2, 0.25) is 29.4 Å². The van der Waals surface area contributed by atoms with Crippen LogP contribution < -0.4 is 27.0 Å². The largest absolute Gasteiger partial charge is 0.449 e. The minimum Gasteiger partial charge on any atom is -0.449 e. The van der Waals surface area contributed by atoms with E-state index in [2.05, 4.69) is 21.3 Å². The van der Waals surface area contributed by atoms with Gasteiger partial charge in [0.05, 0.1) is 19.2 Å². The Morgan fingerprint density at radius 1 is 0.957 bits per heavy atom. The number of ketones is 1. The van der Waals surface area contributed by atoms with E-state index >= 15 is 0 Å². The van der Waals surface area contributed by atoms with Crippen LogP contribution in [0, 0.1) is 11.8 Å². The molecule has 1 aromatic rings. The van der Waals surface area contributed by atoms with Crippen LogP contribution in [-0.4, -0.2) is 90.2 Å². The molecule has 1 heterocycles. The molecule has 2 rings (SSSR count). The summed E-state index contributed by atoms with van der Waals surface area (Å²) in [6.45, 7) is 8.95. The van der Waals surface area contributed by atoms with Crippen molar-refractivity contribution < 1.29 is 38.3 Å². The summed E-state index contributed by atoms with van der Waals surface area (Å²) in [4.78, 5) is 90.6. The average molecular weight is 645 g/mol. The zero-order valence-corrected chi connectivity index (χ0v) is 27.3. The highest BCUT2D eigenvalue weighted by Crippen LogP contribution is 2.21. The lowest BCUT2D eigenvalue weighted by atomic mass is 10.0. The topological polar surface area (TPSA) is 206 Å². The number of likely N-dealkylation sites (tertiary alicyclic amines) is 1. The number of nitrogens with two attached hydrogens (primary N) is 1. The molecule has 14 heteroatoms. The molecule has 1 saturated heterocycles. The number of amides is 6. The molecule has 6 N–H and O–H groups in total. The van der Waals surface area contributed by atoms with E-state index in [4.69, 9.17) is 10.5 Å². The van der Waals surface area contributed by atoms with Gasteiger partial charge in [-0.2, -0.15) is 0 Å². The first-order valence-corrected chi connectivity index (χ1v) is 15.7. The number of nitrogens with one attached hydrogen (secondary N) is 4. The van der Waals surface area contributed by atoms with E-state index in [0.717, 1.165) is 5.56 Å². The molecule has 0 bridgehead atoms. The van der Waals surface area contributed by atoms with Crippen LogP contribution in [0.4, 0.5) is 4.79 Å². The fourth-order valence-corrected chi connectivity index (χ4v) is 4.96. The van der Waals surface area contributed by atoms with Crippen LogP contribution in [0.1, 0.15) is 65.9 Å². The maximum atomic E-state index is 13.5. The maximum Gasteiger partial charge on any atom is 0.407 e. The first-order chi connectivity index (χ1) is 21.7. The summed E-state index contributed by atoms with van der Waals surface area (Å²) in [5.41, 5.74) is 6.20. The van der Waals surface area contributed by atoms with Crippen LogP contribution in [0.25, 0.3) is 0 Å². The van der Waals surface area contributed by atoms with Gasteiger partial charge in [-0.3, -0.25) is 28.8 Å². The van der Waals surface area contributed by atoms with Crippen molar-refractivity contribution in [1.82, 2.24) is 26.2 Å². The number of hydrogen-bond donors (Lipinski definition) is 5. The fraction of sp³-hybridized carbons (Fsp3) is 0.594. The molecule has 1 aromatic carbocycles. The van der Waals surface area contributed by atoms with Crippen LogP contribution in [0.2, 0.25) is 0 Å². The minimum absolute atomic E-state index is 0.114. The Labute approximate surface area is 269 Å². The SMILES string of the molecule is CCCC(NC(=O)[C@@H]1CCCN1C(=O)C(NC(=O)OCC(C)C)C(C)C)C(=O)C(=O)NCC(=O)NC(Cc1ccccc1)C(N)=O. The van der Waals surface area contributed by atoms with Crippen molar-refractivity contribution >= 4 is 41.4 Å². The normalized spacial score (nSPS) is 16.2. The highest BCUT2D eigenvalue weighted by atomic mass is 16.5. The molecule has 3 unspecified atom stereocenters. The fourth-order valence-electron chi connectivity index (χ4n) is 4.96. The Morgan fingerprint density at radius 3 is 2.22 bits per heavy atom. The number of nitrogens with zero attached hydrogens (tertiary/aromatic N) is 1. The van der Waals surface area contributed by atoms with E-state index < -0.39 is 72.1 Å². The number of ether oxygens (including phenoxy) is 1. The second-order valence-corrected chi connectivity index (χ2v) is 12.2. The number of rotatable bonds is 17. The van der Waals surface area contributed by atoms with Crippen LogP contribution in [0.3, 0.4) is 0 Å². The van der Waals surface area contributed by atoms with Crippen molar-refractivity contribution in [3.63, 3.8) is 0 Å². The Morgan fingerprint density at radius 2 is 1.63 bits per heavy atom. The minimum atomic E-state index is -1.19. The molecule has 0 radical (unpaired) electrons. The van der Waals surface area contributed by atoms with Gasteiger partial charge in [0.1, 0.15) is 18.1 Å². The first-order valence-electron chi connectivity index (χ1n) is 15.7. The van der Waals surface area contributed by atoms with Gasteiger partial charge in [0.15, 0.2) is 0 Å². The van der Waals surface area contributed by atoms with Crippen LogP contribution in [0.15, 0.2) is 30.3 Å². The van der Waals surface area contributed by atoms with Crippen molar-refractivity contribution in [2.75, 3.05) is 19.7 Å². The van der Waals surface area contributed by atoms with Crippen molar-refractivity contribution in [2.24, 2.45) is 17.6 Å². The number of Topliss-reactive ketones (excluding diaryl/α,β-unsaturated/α-hetero) is 1. The summed E-state index contributed by atoms with van der Waals surface area (Å²) in [5, 5.41) is 9.92. The van der Waals surface area contributed by atoms with E-state index in [0.29, 0.717) is 19.3 Å². The number of carbonyl (C=O) groups excluding carboxylic acids is 7. The molecule has 0 aliphatic carbocycles. The second-order valence-electron chi connectivity index (χ2n) is 12.2. The molecule has 14 nitrogen and oxygen atoms in total. The first kappa shape index (κ1) is 37.7. The maximum absolute atomic E-state index is 13.5. The van der Waals surface area contributed by atoms with Gasteiger partial charge in [-0.15, -0.1) is 0 Å². The molecule has 0 spiro atoms. The summed E-state index contributed by atoms with van der Waals surface area (Å²) in [5.74, 6) is -4.75. The van der Waals surface area contributed by atoms with Crippen LogP contribution in [0.5, 0.6) is 0 Å². The number of benzene rings is 1. The molecular weight excluding hydrogens is 596 g/mol. The highest BCUT2D eigenvalue weighted by Gasteiger charge is 2.40. The van der Waals surface area contributed by atoms with Crippen molar-refractivity contribution in [3.05, 3.63) is 35.9 Å². The van der Waals surface area contributed by atoms with Crippen LogP contribution in [-0.2, 0) is 39.9 Å². The Kier molecular flexibility index (Phi) is 15.1. The quantitative estimate of drug-likeness (QED) is 0.151. The summed E-state index contributed by atoms with van der Waals surface area (Å²) < 4.78 is 5.17. The molecule has 254 valence electrons. The van der Waals surface area contributed by atoms with Gasteiger partial charge in [0.25, 0.3) is 5.91 Å². The average Bonchev–Trinajstić information content (AvgIpc) is 3.51. The lowest BCUT2D eigenvalue weighted by Crippen LogP contribution is -2.57. The number of hydrogen-bond acceptors (Lipinski definition) is 8. The Hall–Kier alpha value is -4.49. The molecular formula is C32H48N6O8. The molecule has 1 aliphatic rings. The molecule has 6 amide bonds. The molecule has 0 saturated carbocycles. The third-order valence-electron chi connectivity index (χ3n) is 7.40. The van der Waals surface area contributed by atoms with Gasteiger partial charge < -0.3 is 36.6 Å². The Balaban J connectivity index is 2.00. The van der Waals surface area contributed by atoms with Crippen molar-refractivity contribution in [3.8, 4) is 0 Å². The van der Waals surface area contributed by atoms with Gasteiger partial charge in [-0.05, 0) is 36.7 Å². The van der Waals surface area contributed by atoms with Gasteiger partial charge in [-0.1, -0.05) is 71.4 Å². The van der Waals surface area contributed by atoms with E-state index in [1.54, 1.807) is 51.1 Å². The third kappa shape index (κ3) is 11.8. The van der Waals surface area contributed by atoms with Gasteiger partial charge >= 0.3 is 6.09 Å². The highest BCUT2D eigenvalue weighted by molar-refractivity contribution is 6.38. The van der Waals surface area contributed by atoms with E-state index in [9.17, 15) is 33.6 Å². The van der Waals surface area contributed by atoms with Crippen LogP contribution >= 0.6 is 0 Å². The van der Waals surface area contributed by atoms with Gasteiger partial charge in [0, 0.05) is 13.0 Å². The molecule has 4 atom stereocenters. The lowest BCUT2D eigenvalue weighted by molar-refractivity contribution is -0.143. The molecule has 1 fully saturated rings.